The first kappa shape index (κ1) is 22.7. The van der Waals surface area contributed by atoms with E-state index in [0.29, 0.717) is 16.3 Å². The number of carboxylic acid groups (broad SMARTS) is 2. The zero-order valence-electron chi connectivity index (χ0n) is 13.9. The molecule has 0 aliphatic heterocycles. The maximum absolute atomic E-state index is 11.2. The number of aromatic carboxylic acids is 1. The lowest BCUT2D eigenvalue weighted by molar-refractivity contribution is -0.131. The van der Waals surface area contributed by atoms with Gasteiger partial charge in [0.05, 0.1) is 21.3 Å². The largest absolute Gasteiger partial charge is 0.478 e. The minimum absolute atomic E-state index is 0.209. The van der Waals surface area contributed by atoms with E-state index in [4.69, 9.17) is 33.4 Å². The zero-order valence-corrected chi connectivity index (χ0v) is 17.0. The van der Waals surface area contributed by atoms with Crippen LogP contribution in [0.4, 0.5) is 5.69 Å². The summed E-state index contributed by atoms with van der Waals surface area (Å²) >= 11 is 14.8. The molecule has 27 heavy (non-hydrogen) atoms. The summed E-state index contributed by atoms with van der Waals surface area (Å²) in [5.41, 5.74) is 1.44. The van der Waals surface area contributed by atoms with Gasteiger partial charge in [-0.15, -0.1) is 0 Å². The first-order chi connectivity index (χ1) is 12.6. The Hall–Kier alpha value is -2.35. The molecule has 6 nitrogen and oxygen atoms in total. The van der Waals surface area contributed by atoms with Crippen LogP contribution in [-0.4, -0.2) is 28.1 Å². The molecule has 2 rings (SSSR count). The molecule has 0 fully saturated rings. The molecule has 0 heterocycles. The quantitative estimate of drug-likeness (QED) is 0.539. The predicted molar refractivity (Wildman–Crippen MR) is 108 cm³/mol. The Morgan fingerprint density at radius 1 is 1.04 bits per heavy atom. The molecule has 3 N–H and O–H groups in total. The molecule has 0 aromatic heterocycles. The van der Waals surface area contributed by atoms with Gasteiger partial charge in [-0.1, -0.05) is 51.3 Å². The zero-order chi connectivity index (χ0) is 20.6. The van der Waals surface area contributed by atoms with Gasteiger partial charge in [-0.25, -0.2) is 9.59 Å². The average Bonchev–Trinajstić information content (AvgIpc) is 2.60. The third-order valence-corrected chi connectivity index (χ3v) is 4.76. The van der Waals surface area contributed by atoms with Crippen molar-refractivity contribution in [3.8, 4) is 0 Å². The molecular weight excluding hydrogens is 461 g/mol. The Morgan fingerprint density at radius 3 is 2.22 bits per heavy atom. The second kappa shape index (κ2) is 10.7. The molecule has 2 aromatic carbocycles. The number of benzene rings is 2. The van der Waals surface area contributed by atoms with Gasteiger partial charge in [-0.2, -0.15) is 0 Å². The van der Waals surface area contributed by atoms with E-state index in [-0.39, 0.29) is 5.02 Å². The van der Waals surface area contributed by atoms with Crippen molar-refractivity contribution in [3.05, 3.63) is 74.2 Å². The summed E-state index contributed by atoms with van der Waals surface area (Å²) in [6, 6.07) is 9.86. The molecule has 0 spiro atoms. The lowest BCUT2D eigenvalue weighted by atomic mass is 10.1. The predicted octanol–water partition coefficient (Wildman–Crippen LogP) is 5.03. The van der Waals surface area contributed by atoms with Crippen LogP contribution in [0, 0.1) is 6.92 Å². The van der Waals surface area contributed by atoms with Crippen LogP contribution >= 0.6 is 39.1 Å². The van der Waals surface area contributed by atoms with Crippen molar-refractivity contribution < 1.29 is 24.6 Å². The molecule has 0 saturated carbocycles. The van der Waals surface area contributed by atoms with Crippen LogP contribution in [0.15, 0.2) is 53.0 Å². The molecule has 0 aliphatic carbocycles. The number of aliphatic carboxylic acids is 1. The highest BCUT2D eigenvalue weighted by molar-refractivity contribution is 9.10. The van der Waals surface area contributed by atoms with Crippen molar-refractivity contribution in [2.24, 2.45) is 0 Å². The first-order valence-electron chi connectivity index (χ1n) is 7.28. The van der Waals surface area contributed by atoms with E-state index >= 15 is 0 Å². The van der Waals surface area contributed by atoms with Gasteiger partial charge in [0.2, 0.25) is 5.91 Å². The number of rotatable bonds is 4. The Kier molecular flexibility index (Phi) is 9.00. The molecule has 9 heteroatoms. The van der Waals surface area contributed by atoms with E-state index in [1.807, 2.05) is 6.07 Å². The van der Waals surface area contributed by atoms with E-state index in [2.05, 4.69) is 21.2 Å². The second-order valence-electron chi connectivity index (χ2n) is 4.98. The SMILES string of the molecule is Cc1c(Br)cccc1C(=O)O.O=C(O)C=CC(=O)Nc1cccc(Cl)c1Cl. The Labute approximate surface area is 173 Å². The number of carbonyl (C=O) groups excluding carboxylic acids is 1. The van der Waals surface area contributed by atoms with Gasteiger partial charge in [0.15, 0.2) is 0 Å². The Morgan fingerprint density at radius 2 is 1.67 bits per heavy atom. The summed E-state index contributed by atoms with van der Waals surface area (Å²) in [4.78, 5) is 31.9. The van der Waals surface area contributed by atoms with E-state index < -0.39 is 17.8 Å². The van der Waals surface area contributed by atoms with Crippen LogP contribution < -0.4 is 5.32 Å². The highest BCUT2D eigenvalue weighted by atomic mass is 79.9. The highest BCUT2D eigenvalue weighted by Gasteiger charge is 2.07. The average molecular weight is 475 g/mol. The normalized spacial score (nSPS) is 10.1. The molecule has 0 atom stereocenters. The molecule has 0 radical (unpaired) electrons. The Balaban J connectivity index is 0.000000289. The fraction of sp³-hybridized carbons (Fsp3) is 0.0556. The van der Waals surface area contributed by atoms with E-state index in [9.17, 15) is 14.4 Å². The van der Waals surface area contributed by atoms with Gasteiger partial charge in [-0.3, -0.25) is 4.79 Å². The molecule has 0 aliphatic rings. The van der Waals surface area contributed by atoms with Gasteiger partial charge in [0.1, 0.15) is 0 Å². The number of nitrogens with one attached hydrogen (secondary N) is 1. The lowest BCUT2D eigenvalue weighted by Gasteiger charge is -2.05. The molecule has 0 unspecified atom stereocenters. The number of anilines is 1. The van der Waals surface area contributed by atoms with Crippen LogP contribution in [0.5, 0.6) is 0 Å². The topological polar surface area (TPSA) is 104 Å². The monoisotopic (exact) mass is 473 g/mol. The van der Waals surface area contributed by atoms with Gasteiger partial charge < -0.3 is 15.5 Å². The van der Waals surface area contributed by atoms with Crippen LogP contribution in [-0.2, 0) is 9.59 Å². The third kappa shape index (κ3) is 7.42. The molecule has 1 amide bonds. The molecule has 0 saturated heterocycles. The first-order valence-corrected chi connectivity index (χ1v) is 8.82. The van der Waals surface area contributed by atoms with Crippen LogP contribution in [0.1, 0.15) is 15.9 Å². The highest BCUT2D eigenvalue weighted by Crippen LogP contribution is 2.29. The van der Waals surface area contributed by atoms with E-state index in [1.165, 1.54) is 0 Å². The third-order valence-electron chi connectivity index (χ3n) is 3.08. The number of halogens is 3. The van der Waals surface area contributed by atoms with Crippen molar-refractivity contribution >= 4 is 62.7 Å². The Bertz CT molecular complexity index is 899. The summed E-state index contributed by atoms with van der Waals surface area (Å²) in [5.74, 6) is -2.68. The minimum Gasteiger partial charge on any atom is -0.478 e. The number of hydrogen-bond donors (Lipinski definition) is 3. The summed E-state index contributed by atoms with van der Waals surface area (Å²) in [6.45, 7) is 1.77. The number of carboxylic acids is 2. The van der Waals surface area contributed by atoms with Gasteiger partial charge >= 0.3 is 11.9 Å². The molecule has 0 bridgehead atoms. The fourth-order valence-electron chi connectivity index (χ4n) is 1.76. The van der Waals surface area contributed by atoms with Crippen molar-refractivity contribution in [2.75, 3.05) is 5.32 Å². The van der Waals surface area contributed by atoms with Gasteiger partial charge in [0, 0.05) is 16.6 Å². The van der Waals surface area contributed by atoms with Gasteiger partial charge in [-0.05, 0) is 36.8 Å². The second-order valence-corrected chi connectivity index (χ2v) is 6.62. The minimum atomic E-state index is -1.20. The van der Waals surface area contributed by atoms with Crippen molar-refractivity contribution in [3.63, 3.8) is 0 Å². The summed E-state index contributed by atoms with van der Waals surface area (Å²) in [5, 5.41) is 19.9. The van der Waals surface area contributed by atoms with E-state index in [1.54, 1.807) is 37.3 Å². The van der Waals surface area contributed by atoms with Crippen molar-refractivity contribution in [1.29, 1.82) is 0 Å². The van der Waals surface area contributed by atoms with Gasteiger partial charge in [0.25, 0.3) is 0 Å². The van der Waals surface area contributed by atoms with Crippen LogP contribution in [0.25, 0.3) is 0 Å². The summed E-state index contributed by atoms with van der Waals surface area (Å²) in [6.07, 6.45) is 1.62. The number of carbonyl (C=O) groups is 3. The molecule has 2 aromatic rings. The van der Waals surface area contributed by atoms with Crippen LogP contribution in [0.3, 0.4) is 0 Å². The lowest BCUT2D eigenvalue weighted by Crippen LogP contribution is -2.09. The van der Waals surface area contributed by atoms with Crippen LogP contribution in [0.2, 0.25) is 10.0 Å². The molecule has 142 valence electrons. The summed E-state index contributed by atoms with van der Waals surface area (Å²) in [7, 11) is 0. The van der Waals surface area contributed by atoms with Crippen molar-refractivity contribution in [1.82, 2.24) is 0 Å². The smallest absolute Gasteiger partial charge is 0.335 e. The maximum atomic E-state index is 11.2. The number of amides is 1. The maximum Gasteiger partial charge on any atom is 0.335 e. The molecular formula is C18H14BrCl2NO5. The number of hydrogen-bond acceptors (Lipinski definition) is 3. The fourth-order valence-corrected chi connectivity index (χ4v) is 2.47. The van der Waals surface area contributed by atoms with E-state index in [0.717, 1.165) is 22.2 Å². The standard InChI is InChI=1S/C10H7Cl2NO3.C8H7BrO2/c11-6-2-1-3-7(10(6)12)13-8(14)4-5-9(15)16;1-5-6(8(10)11)3-2-4-7(5)9/h1-5H,(H,13,14)(H,15,16);2-4H,1H3,(H,10,11). The van der Waals surface area contributed by atoms with Crippen molar-refractivity contribution in [2.45, 2.75) is 6.92 Å². The summed E-state index contributed by atoms with van der Waals surface area (Å²) < 4.78 is 0.831.